The SMILES string of the molecule is O=C(c1ccccc1)c1c[nH]c2ncnc(Nc3cccc(CNc4ccc(N5CCCCC5)cc4)c3)c12. The predicted molar refractivity (Wildman–Crippen MR) is 153 cm³/mol. The van der Waals surface area contributed by atoms with Crippen LogP contribution >= 0.6 is 0 Å². The van der Waals surface area contributed by atoms with Gasteiger partial charge in [-0.25, -0.2) is 9.97 Å². The molecule has 0 spiro atoms. The maximum atomic E-state index is 13.2. The molecule has 190 valence electrons. The van der Waals surface area contributed by atoms with Gasteiger partial charge in [-0.05, 0) is 61.2 Å². The van der Waals surface area contributed by atoms with Crippen molar-refractivity contribution in [2.24, 2.45) is 0 Å². The zero-order valence-corrected chi connectivity index (χ0v) is 21.2. The zero-order chi connectivity index (χ0) is 25.7. The van der Waals surface area contributed by atoms with E-state index >= 15 is 0 Å². The normalized spacial score (nSPS) is 13.4. The lowest BCUT2D eigenvalue weighted by atomic mass is 10.0. The molecule has 0 amide bonds. The van der Waals surface area contributed by atoms with Gasteiger partial charge in [0.25, 0.3) is 0 Å². The summed E-state index contributed by atoms with van der Waals surface area (Å²) in [7, 11) is 0. The molecule has 0 aliphatic carbocycles. The highest BCUT2D eigenvalue weighted by Gasteiger charge is 2.18. The molecule has 7 heteroatoms. The zero-order valence-electron chi connectivity index (χ0n) is 21.2. The molecule has 1 fully saturated rings. The minimum Gasteiger partial charge on any atom is -0.381 e. The van der Waals surface area contributed by atoms with Gasteiger partial charge < -0.3 is 20.5 Å². The number of carbonyl (C=O) groups excluding carboxylic acids is 1. The van der Waals surface area contributed by atoms with E-state index in [9.17, 15) is 4.79 Å². The summed E-state index contributed by atoms with van der Waals surface area (Å²) >= 11 is 0. The number of benzene rings is 3. The third-order valence-corrected chi connectivity index (χ3v) is 7.03. The Morgan fingerprint density at radius 2 is 1.68 bits per heavy atom. The van der Waals surface area contributed by atoms with Crippen molar-refractivity contribution in [1.29, 1.82) is 0 Å². The van der Waals surface area contributed by atoms with Crippen LogP contribution in [0.15, 0.2) is 91.4 Å². The Hall–Kier alpha value is -4.65. The number of H-pyrrole nitrogens is 1. The molecular formula is C31H30N6O. The summed E-state index contributed by atoms with van der Waals surface area (Å²) in [6.45, 7) is 2.99. The Morgan fingerprint density at radius 3 is 2.50 bits per heavy atom. The van der Waals surface area contributed by atoms with Gasteiger partial charge in [-0.15, -0.1) is 0 Å². The topological polar surface area (TPSA) is 85.9 Å². The molecule has 3 heterocycles. The Balaban J connectivity index is 1.17. The first kappa shape index (κ1) is 23.7. The number of carbonyl (C=O) groups is 1. The van der Waals surface area contributed by atoms with E-state index in [2.05, 4.69) is 66.9 Å². The fourth-order valence-corrected chi connectivity index (χ4v) is 5.02. The highest BCUT2D eigenvalue weighted by molar-refractivity contribution is 6.18. The molecule has 3 aromatic carbocycles. The van der Waals surface area contributed by atoms with Crippen molar-refractivity contribution in [2.45, 2.75) is 25.8 Å². The largest absolute Gasteiger partial charge is 0.381 e. The first-order valence-electron chi connectivity index (χ1n) is 13.1. The molecule has 2 aromatic heterocycles. The van der Waals surface area contributed by atoms with Crippen molar-refractivity contribution in [3.63, 3.8) is 0 Å². The summed E-state index contributed by atoms with van der Waals surface area (Å²) in [5.41, 5.74) is 6.21. The lowest BCUT2D eigenvalue weighted by molar-refractivity contribution is 0.104. The minimum absolute atomic E-state index is 0.0704. The van der Waals surface area contributed by atoms with Gasteiger partial charge in [-0.2, -0.15) is 0 Å². The van der Waals surface area contributed by atoms with Gasteiger partial charge in [-0.1, -0.05) is 42.5 Å². The number of nitrogens with zero attached hydrogens (tertiary/aromatic N) is 3. The van der Waals surface area contributed by atoms with Crippen LogP contribution in [0.2, 0.25) is 0 Å². The van der Waals surface area contributed by atoms with E-state index < -0.39 is 0 Å². The molecule has 0 atom stereocenters. The van der Waals surface area contributed by atoms with Crippen molar-refractivity contribution >= 4 is 39.7 Å². The van der Waals surface area contributed by atoms with Crippen molar-refractivity contribution < 1.29 is 4.79 Å². The highest BCUT2D eigenvalue weighted by Crippen LogP contribution is 2.28. The Kier molecular flexibility index (Phi) is 6.72. The van der Waals surface area contributed by atoms with Crippen LogP contribution in [0.25, 0.3) is 11.0 Å². The highest BCUT2D eigenvalue weighted by atomic mass is 16.1. The van der Waals surface area contributed by atoms with Gasteiger partial charge in [0.15, 0.2) is 5.78 Å². The molecule has 0 unspecified atom stereocenters. The van der Waals surface area contributed by atoms with Gasteiger partial charge in [0.05, 0.1) is 10.9 Å². The number of aromatic amines is 1. The Bertz CT molecular complexity index is 1540. The van der Waals surface area contributed by atoms with E-state index in [1.165, 1.54) is 31.3 Å². The quantitative estimate of drug-likeness (QED) is 0.209. The molecule has 1 saturated heterocycles. The number of rotatable bonds is 8. The third-order valence-electron chi connectivity index (χ3n) is 7.03. The number of ketones is 1. The smallest absolute Gasteiger partial charge is 0.195 e. The number of fused-ring (bicyclic) bond motifs is 1. The monoisotopic (exact) mass is 502 g/mol. The van der Waals surface area contributed by atoms with Crippen molar-refractivity contribution in [3.8, 4) is 0 Å². The van der Waals surface area contributed by atoms with Gasteiger partial charge in [0.2, 0.25) is 0 Å². The predicted octanol–water partition coefficient (Wildman–Crippen LogP) is 6.53. The molecule has 5 aromatic rings. The van der Waals surface area contributed by atoms with Crippen molar-refractivity contribution in [2.75, 3.05) is 28.6 Å². The van der Waals surface area contributed by atoms with Crippen LogP contribution in [0.4, 0.5) is 22.9 Å². The molecular weight excluding hydrogens is 472 g/mol. The maximum absolute atomic E-state index is 13.2. The second kappa shape index (κ2) is 10.8. The third kappa shape index (κ3) is 5.09. The average molecular weight is 503 g/mol. The fraction of sp³-hybridized carbons (Fsp3) is 0.194. The van der Waals surface area contributed by atoms with E-state index in [1.54, 1.807) is 6.20 Å². The van der Waals surface area contributed by atoms with Crippen molar-refractivity contribution in [3.05, 3.63) is 108 Å². The molecule has 6 rings (SSSR count). The van der Waals surface area contributed by atoms with E-state index in [4.69, 9.17) is 0 Å². The van der Waals surface area contributed by atoms with Crippen LogP contribution in [-0.2, 0) is 6.54 Å². The maximum Gasteiger partial charge on any atom is 0.195 e. The first-order valence-corrected chi connectivity index (χ1v) is 13.1. The molecule has 38 heavy (non-hydrogen) atoms. The second-order valence-corrected chi connectivity index (χ2v) is 9.62. The summed E-state index contributed by atoms with van der Waals surface area (Å²) < 4.78 is 0. The molecule has 1 aliphatic rings. The van der Waals surface area contributed by atoms with Crippen LogP contribution in [-0.4, -0.2) is 33.8 Å². The second-order valence-electron chi connectivity index (χ2n) is 9.62. The molecule has 0 bridgehead atoms. The van der Waals surface area contributed by atoms with E-state index in [0.717, 1.165) is 30.0 Å². The first-order chi connectivity index (χ1) is 18.7. The summed E-state index contributed by atoms with van der Waals surface area (Å²) in [5.74, 6) is 0.521. The molecule has 0 radical (unpaired) electrons. The van der Waals surface area contributed by atoms with E-state index in [0.29, 0.717) is 34.5 Å². The van der Waals surface area contributed by atoms with Crippen LogP contribution < -0.4 is 15.5 Å². The number of nitrogens with one attached hydrogen (secondary N) is 3. The summed E-state index contributed by atoms with van der Waals surface area (Å²) in [5, 5.41) is 7.61. The van der Waals surface area contributed by atoms with Crippen molar-refractivity contribution in [1.82, 2.24) is 15.0 Å². The number of anilines is 4. The van der Waals surface area contributed by atoms with Crippen LogP contribution in [0.3, 0.4) is 0 Å². The van der Waals surface area contributed by atoms with E-state index in [1.807, 2.05) is 42.5 Å². The lowest BCUT2D eigenvalue weighted by Crippen LogP contribution is -2.29. The lowest BCUT2D eigenvalue weighted by Gasteiger charge is -2.28. The fourth-order valence-electron chi connectivity index (χ4n) is 5.02. The number of hydrogen-bond donors (Lipinski definition) is 3. The Morgan fingerprint density at radius 1 is 0.868 bits per heavy atom. The molecule has 1 aliphatic heterocycles. The minimum atomic E-state index is -0.0704. The van der Waals surface area contributed by atoms with Crippen LogP contribution in [0, 0.1) is 0 Å². The summed E-state index contributed by atoms with van der Waals surface area (Å²) in [4.78, 5) is 27.6. The van der Waals surface area contributed by atoms with Gasteiger partial charge in [0, 0.05) is 48.5 Å². The van der Waals surface area contributed by atoms with Gasteiger partial charge in [0.1, 0.15) is 17.8 Å². The van der Waals surface area contributed by atoms with Crippen LogP contribution in [0.1, 0.15) is 40.7 Å². The average Bonchev–Trinajstić information content (AvgIpc) is 3.42. The summed E-state index contributed by atoms with van der Waals surface area (Å²) in [6.07, 6.45) is 7.09. The Labute approximate surface area is 222 Å². The number of aromatic nitrogens is 3. The number of hydrogen-bond acceptors (Lipinski definition) is 6. The molecule has 7 nitrogen and oxygen atoms in total. The van der Waals surface area contributed by atoms with E-state index in [-0.39, 0.29) is 5.78 Å². The standard InChI is InChI=1S/C31H30N6O/c38-29(23-9-3-1-4-10-23)27-20-33-30-28(27)31(35-21-34-30)36-25-11-7-8-22(18-25)19-32-24-12-14-26(15-13-24)37-16-5-2-6-17-37/h1,3-4,7-15,18,20-21,32H,2,5-6,16-17,19H2,(H2,33,34,35,36). The molecule has 0 saturated carbocycles. The number of piperidine rings is 1. The van der Waals surface area contributed by atoms with Crippen LogP contribution in [0.5, 0.6) is 0 Å². The van der Waals surface area contributed by atoms with Gasteiger partial charge in [-0.3, -0.25) is 4.79 Å². The summed E-state index contributed by atoms with van der Waals surface area (Å²) in [6, 6.07) is 26.2. The van der Waals surface area contributed by atoms with Gasteiger partial charge >= 0.3 is 0 Å². The molecule has 3 N–H and O–H groups in total.